The summed E-state index contributed by atoms with van der Waals surface area (Å²) in [5.74, 6) is -0.728. The first-order valence-corrected chi connectivity index (χ1v) is 14.6. The van der Waals surface area contributed by atoms with Gasteiger partial charge in [-0.05, 0) is 36.3 Å². The summed E-state index contributed by atoms with van der Waals surface area (Å²) in [6, 6.07) is 10.6. The Balaban J connectivity index is 1.55. The Hall–Kier alpha value is -2.76. The van der Waals surface area contributed by atoms with Gasteiger partial charge in [0, 0.05) is 46.2 Å². The molecule has 1 atom stereocenters. The molecule has 194 valence electrons. The van der Waals surface area contributed by atoms with E-state index in [0.717, 1.165) is 29.7 Å². The Morgan fingerprint density at radius 3 is 2.39 bits per heavy atom. The summed E-state index contributed by atoms with van der Waals surface area (Å²) >= 11 is 1.12. The lowest BCUT2D eigenvalue weighted by atomic mass is 10.0. The van der Waals surface area contributed by atoms with Gasteiger partial charge in [0.2, 0.25) is 21.8 Å². The third kappa shape index (κ3) is 5.79. The number of thiophene rings is 1. The SMILES string of the molecule is CC(=O)N1CCCN(C(=O)c2sccc2S(=O)(=O)N2CCCC2)CCNC(=O)CC1c1ccccc1. The number of sulfonamides is 1. The number of hydrogen-bond donors (Lipinski definition) is 1. The zero-order valence-electron chi connectivity index (χ0n) is 20.4. The van der Waals surface area contributed by atoms with Crippen LogP contribution in [0.3, 0.4) is 0 Å². The highest BCUT2D eigenvalue weighted by molar-refractivity contribution is 7.89. The van der Waals surface area contributed by atoms with Crippen molar-refractivity contribution in [1.82, 2.24) is 19.4 Å². The van der Waals surface area contributed by atoms with Crippen LogP contribution in [0.25, 0.3) is 0 Å². The maximum atomic E-state index is 13.5. The van der Waals surface area contributed by atoms with Gasteiger partial charge in [0.15, 0.2) is 0 Å². The third-order valence-electron chi connectivity index (χ3n) is 6.67. The molecule has 11 heteroatoms. The van der Waals surface area contributed by atoms with E-state index in [1.54, 1.807) is 15.2 Å². The normalized spacial score (nSPS) is 20.6. The minimum Gasteiger partial charge on any atom is -0.354 e. The first kappa shape index (κ1) is 26.3. The lowest BCUT2D eigenvalue weighted by Gasteiger charge is -2.31. The van der Waals surface area contributed by atoms with Crippen molar-refractivity contribution in [3.63, 3.8) is 0 Å². The molecule has 2 aliphatic rings. The summed E-state index contributed by atoms with van der Waals surface area (Å²) in [6.45, 7) is 3.61. The van der Waals surface area contributed by atoms with Gasteiger partial charge in [-0.2, -0.15) is 4.31 Å². The van der Waals surface area contributed by atoms with E-state index in [9.17, 15) is 22.8 Å². The van der Waals surface area contributed by atoms with E-state index in [-0.39, 0.29) is 47.0 Å². The highest BCUT2D eigenvalue weighted by Crippen LogP contribution is 2.29. The van der Waals surface area contributed by atoms with E-state index in [4.69, 9.17) is 0 Å². The van der Waals surface area contributed by atoms with Crippen LogP contribution in [0.5, 0.6) is 0 Å². The second-order valence-corrected chi connectivity index (χ2v) is 11.9. The Kier molecular flexibility index (Phi) is 8.43. The number of rotatable bonds is 4. The molecule has 2 aliphatic heterocycles. The first-order chi connectivity index (χ1) is 17.3. The molecule has 3 heterocycles. The zero-order valence-corrected chi connectivity index (χ0v) is 22.0. The molecular formula is C25H32N4O5S2. The molecule has 1 N–H and O–H groups in total. The van der Waals surface area contributed by atoms with Crippen LogP contribution in [0.2, 0.25) is 0 Å². The van der Waals surface area contributed by atoms with Gasteiger partial charge in [-0.3, -0.25) is 14.4 Å². The number of benzene rings is 1. The molecule has 1 unspecified atom stereocenters. The Morgan fingerprint density at radius 1 is 0.972 bits per heavy atom. The molecule has 1 aromatic heterocycles. The lowest BCUT2D eigenvalue weighted by Crippen LogP contribution is -2.39. The smallest absolute Gasteiger partial charge is 0.265 e. The summed E-state index contributed by atoms with van der Waals surface area (Å²) in [4.78, 5) is 42.4. The van der Waals surface area contributed by atoms with Gasteiger partial charge < -0.3 is 15.1 Å². The second-order valence-electron chi connectivity index (χ2n) is 9.06. The van der Waals surface area contributed by atoms with Crippen molar-refractivity contribution in [2.75, 3.05) is 39.3 Å². The standard InChI is InChI=1S/C25H32N4O5S2/c1-19(30)29-15-7-12-27(16-11-26-23(31)18-21(29)20-8-3-2-4-9-20)25(32)24-22(10-17-35-24)36(33,34)28-13-5-6-14-28/h2-4,8-10,17,21H,5-7,11-16,18H2,1H3,(H,26,31). The van der Waals surface area contributed by atoms with Crippen LogP contribution in [0.15, 0.2) is 46.7 Å². The van der Waals surface area contributed by atoms with Gasteiger partial charge in [-0.15, -0.1) is 11.3 Å². The Bertz CT molecular complexity index is 1190. The molecule has 1 aromatic carbocycles. The van der Waals surface area contributed by atoms with E-state index >= 15 is 0 Å². The molecule has 0 radical (unpaired) electrons. The van der Waals surface area contributed by atoms with Crippen molar-refractivity contribution in [2.45, 2.75) is 43.5 Å². The lowest BCUT2D eigenvalue weighted by molar-refractivity contribution is -0.132. The molecule has 4 rings (SSSR count). The minimum atomic E-state index is -3.74. The van der Waals surface area contributed by atoms with Crippen LogP contribution in [-0.2, 0) is 19.6 Å². The molecular weight excluding hydrogens is 500 g/mol. The summed E-state index contributed by atoms with van der Waals surface area (Å²) in [6.07, 6.45) is 2.26. The van der Waals surface area contributed by atoms with Crippen LogP contribution in [0.4, 0.5) is 0 Å². The topological polar surface area (TPSA) is 107 Å². The summed E-state index contributed by atoms with van der Waals surface area (Å²) in [5, 5.41) is 4.50. The van der Waals surface area contributed by atoms with E-state index < -0.39 is 16.1 Å². The number of carbonyl (C=O) groups excluding carboxylic acids is 3. The second kappa shape index (κ2) is 11.5. The number of nitrogens with one attached hydrogen (secondary N) is 1. The molecule has 0 bridgehead atoms. The van der Waals surface area contributed by atoms with E-state index in [2.05, 4.69) is 5.32 Å². The van der Waals surface area contributed by atoms with Gasteiger partial charge in [0.25, 0.3) is 5.91 Å². The van der Waals surface area contributed by atoms with Crippen LogP contribution < -0.4 is 5.32 Å². The van der Waals surface area contributed by atoms with E-state index in [0.29, 0.717) is 32.6 Å². The fourth-order valence-electron chi connectivity index (χ4n) is 4.81. The number of nitrogens with zero attached hydrogens (tertiary/aromatic N) is 3. The predicted octanol–water partition coefficient (Wildman–Crippen LogP) is 2.47. The molecule has 2 saturated heterocycles. The van der Waals surface area contributed by atoms with Gasteiger partial charge in [0.1, 0.15) is 9.77 Å². The molecule has 3 amide bonds. The van der Waals surface area contributed by atoms with E-state index in [1.807, 2.05) is 30.3 Å². The molecule has 36 heavy (non-hydrogen) atoms. The first-order valence-electron chi connectivity index (χ1n) is 12.2. The summed E-state index contributed by atoms with van der Waals surface area (Å²) in [7, 11) is -3.74. The predicted molar refractivity (Wildman–Crippen MR) is 137 cm³/mol. The fourth-order valence-corrected chi connectivity index (χ4v) is 7.69. The molecule has 0 aliphatic carbocycles. The van der Waals surface area contributed by atoms with Crippen molar-refractivity contribution >= 4 is 39.1 Å². The van der Waals surface area contributed by atoms with Crippen molar-refractivity contribution in [1.29, 1.82) is 0 Å². The van der Waals surface area contributed by atoms with Gasteiger partial charge in [-0.1, -0.05) is 30.3 Å². The maximum Gasteiger partial charge on any atom is 0.265 e. The van der Waals surface area contributed by atoms with Gasteiger partial charge >= 0.3 is 0 Å². The van der Waals surface area contributed by atoms with Crippen molar-refractivity contribution in [2.24, 2.45) is 0 Å². The van der Waals surface area contributed by atoms with Crippen LogP contribution in [0, 0.1) is 0 Å². The molecule has 2 fully saturated rings. The Morgan fingerprint density at radius 2 is 1.69 bits per heavy atom. The zero-order chi connectivity index (χ0) is 25.7. The average Bonchev–Trinajstić information content (AvgIpc) is 3.57. The van der Waals surface area contributed by atoms with Crippen LogP contribution >= 0.6 is 11.3 Å². The number of carbonyl (C=O) groups is 3. The molecule has 9 nitrogen and oxygen atoms in total. The number of amides is 3. The van der Waals surface area contributed by atoms with Crippen LogP contribution in [-0.4, -0.2) is 79.5 Å². The van der Waals surface area contributed by atoms with Crippen molar-refractivity contribution in [3.05, 3.63) is 52.2 Å². The summed E-state index contributed by atoms with van der Waals surface area (Å²) in [5.41, 5.74) is 0.880. The number of hydrogen-bond acceptors (Lipinski definition) is 6. The van der Waals surface area contributed by atoms with Crippen molar-refractivity contribution < 1.29 is 22.8 Å². The molecule has 0 spiro atoms. The van der Waals surface area contributed by atoms with Crippen LogP contribution in [0.1, 0.15) is 53.9 Å². The fraction of sp³-hybridized carbons (Fsp3) is 0.480. The molecule has 2 aromatic rings. The van der Waals surface area contributed by atoms with Gasteiger partial charge in [-0.25, -0.2) is 8.42 Å². The average molecular weight is 533 g/mol. The van der Waals surface area contributed by atoms with Gasteiger partial charge in [0.05, 0.1) is 12.5 Å². The third-order valence-corrected chi connectivity index (χ3v) is 9.64. The monoisotopic (exact) mass is 532 g/mol. The van der Waals surface area contributed by atoms with Crippen molar-refractivity contribution in [3.8, 4) is 0 Å². The minimum absolute atomic E-state index is 0.0484. The highest BCUT2D eigenvalue weighted by Gasteiger charge is 2.33. The maximum absolute atomic E-state index is 13.5. The largest absolute Gasteiger partial charge is 0.354 e. The summed E-state index contributed by atoms with van der Waals surface area (Å²) < 4.78 is 27.8. The quantitative estimate of drug-likeness (QED) is 0.651. The highest BCUT2D eigenvalue weighted by atomic mass is 32.2. The Labute approximate surface area is 216 Å². The molecule has 0 saturated carbocycles. The van der Waals surface area contributed by atoms with E-state index in [1.165, 1.54) is 17.3 Å².